The molecule has 0 aromatic heterocycles. The molecule has 0 radical (unpaired) electrons. The lowest BCUT2D eigenvalue weighted by atomic mass is 9.87. The van der Waals surface area contributed by atoms with Gasteiger partial charge in [-0.3, -0.25) is 19.2 Å². The summed E-state index contributed by atoms with van der Waals surface area (Å²) in [5.74, 6) is -3.26. The fourth-order valence-electron chi connectivity index (χ4n) is 7.87. The van der Waals surface area contributed by atoms with Crippen molar-refractivity contribution in [3.05, 3.63) is 24.3 Å². The molecule has 0 aliphatic carbocycles. The largest absolute Gasteiger partial charge is 0.462 e. The lowest BCUT2D eigenvalue weighted by Gasteiger charge is -2.50. The Morgan fingerprint density at radius 2 is 1.69 bits per heavy atom. The Hall–Kier alpha value is -3.09. The fourth-order valence-corrected chi connectivity index (χ4v) is 7.87. The van der Waals surface area contributed by atoms with E-state index < -0.39 is 115 Å². The van der Waals surface area contributed by atoms with Gasteiger partial charge in [0.15, 0.2) is 24.5 Å². The quantitative estimate of drug-likeness (QED) is 0.175. The molecular formula is C42H67NO15. The number of ketones is 1. The third-order valence-corrected chi connectivity index (χ3v) is 10.7. The summed E-state index contributed by atoms with van der Waals surface area (Å²) in [6, 6.07) is -0.782. The van der Waals surface area contributed by atoms with Crippen molar-refractivity contribution in [2.45, 2.75) is 173 Å². The van der Waals surface area contributed by atoms with Crippen LogP contribution in [0.1, 0.15) is 93.9 Å². The van der Waals surface area contributed by atoms with Crippen molar-refractivity contribution in [1.82, 2.24) is 4.90 Å². The molecule has 0 unspecified atom stereocenters. The van der Waals surface area contributed by atoms with Crippen LogP contribution in [0.25, 0.3) is 0 Å². The van der Waals surface area contributed by atoms with Crippen LogP contribution in [-0.2, 0) is 61.9 Å². The van der Waals surface area contributed by atoms with Crippen molar-refractivity contribution in [3.63, 3.8) is 0 Å². The average molecular weight is 826 g/mol. The number of likely N-dealkylation sites (N-methyl/N-ethyl adjacent to an activating group) is 1. The zero-order valence-electron chi connectivity index (χ0n) is 35.9. The molecule has 3 heterocycles. The number of esters is 3. The minimum Gasteiger partial charge on any atom is -0.462 e. The molecule has 0 bridgehead atoms. The van der Waals surface area contributed by atoms with Gasteiger partial charge in [0.1, 0.15) is 42.4 Å². The Morgan fingerprint density at radius 3 is 2.28 bits per heavy atom. The van der Waals surface area contributed by atoms with Crippen LogP contribution in [0.2, 0.25) is 0 Å². The molecule has 15 atom stereocenters. The van der Waals surface area contributed by atoms with Crippen molar-refractivity contribution >= 4 is 30.0 Å². The van der Waals surface area contributed by atoms with Gasteiger partial charge in [0.2, 0.25) is 0 Å². The van der Waals surface area contributed by atoms with Gasteiger partial charge in [-0.1, -0.05) is 39.0 Å². The molecule has 3 aliphatic rings. The lowest BCUT2D eigenvalue weighted by Crippen LogP contribution is -2.65. The predicted octanol–water partition coefficient (Wildman–Crippen LogP) is 3.22. The molecule has 330 valence electrons. The second kappa shape index (κ2) is 22.5. The van der Waals surface area contributed by atoms with Crippen LogP contribution in [-0.4, -0.2) is 145 Å². The summed E-state index contributed by atoms with van der Waals surface area (Å²) in [5, 5.41) is 23.4. The molecule has 0 aromatic rings. The Kier molecular flexibility index (Phi) is 19.1. The fraction of sp³-hybridized carbons (Fsp3) is 0.786. The molecule has 2 N–H and O–H groups in total. The topological polar surface area (TPSA) is 203 Å². The SMILES string of the molecule is CO[C@H]1[C@H](OC(C)=O)CC(=O)O[C@@H](C)C/C=C\C=C\C(=O)[C@H](C)C[C@@H](C=O)C[C@H]1O[C@H]1O[C@@H](C)[C@H](O[C@H]2C[C@@](C)(O)[C@H](OC(=O)CC(C)C)[C@@H](C)O2)[C@@H](N(C)C)[C@@H]1O. The summed E-state index contributed by atoms with van der Waals surface area (Å²) in [6.07, 6.45) is -3.73. The van der Waals surface area contributed by atoms with E-state index in [4.69, 9.17) is 37.9 Å². The third kappa shape index (κ3) is 14.3. The smallest absolute Gasteiger partial charge is 0.309 e. The Balaban J connectivity index is 1.93. The zero-order valence-corrected chi connectivity index (χ0v) is 35.9. The van der Waals surface area contributed by atoms with Gasteiger partial charge >= 0.3 is 17.9 Å². The summed E-state index contributed by atoms with van der Waals surface area (Å²) in [6.45, 7) is 13.4. The predicted molar refractivity (Wildman–Crippen MR) is 209 cm³/mol. The number of rotatable bonds is 11. The average Bonchev–Trinajstić information content (AvgIpc) is 3.10. The van der Waals surface area contributed by atoms with E-state index in [0.717, 1.165) is 0 Å². The molecule has 0 amide bonds. The van der Waals surface area contributed by atoms with Crippen LogP contribution >= 0.6 is 0 Å². The third-order valence-electron chi connectivity index (χ3n) is 10.7. The Bertz CT molecular complexity index is 1430. The van der Waals surface area contributed by atoms with E-state index in [9.17, 15) is 34.2 Å². The second-order valence-corrected chi connectivity index (χ2v) is 16.8. The molecule has 0 spiro atoms. The van der Waals surface area contributed by atoms with Crippen molar-refractivity contribution in [2.75, 3.05) is 21.2 Å². The van der Waals surface area contributed by atoms with Gasteiger partial charge in [-0.15, -0.1) is 0 Å². The number of hydrogen-bond donors (Lipinski definition) is 2. The van der Waals surface area contributed by atoms with Crippen LogP contribution in [0.4, 0.5) is 0 Å². The molecule has 2 fully saturated rings. The number of hydrogen-bond acceptors (Lipinski definition) is 16. The molecule has 0 aromatic carbocycles. The Labute approximate surface area is 342 Å². The lowest BCUT2D eigenvalue weighted by molar-refractivity contribution is -0.342. The van der Waals surface area contributed by atoms with Gasteiger partial charge in [0, 0.05) is 45.1 Å². The van der Waals surface area contributed by atoms with E-state index >= 15 is 0 Å². The number of aldehydes is 1. The minimum absolute atomic E-state index is 0.0486. The highest BCUT2D eigenvalue weighted by atomic mass is 16.7. The molecule has 16 heteroatoms. The molecule has 2 saturated heterocycles. The van der Waals surface area contributed by atoms with E-state index in [1.807, 2.05) is 13.8 Å². The Morgan fingerprint density at radius 1 is 1.00 bits per heavy atom. The number of carbonyl (C=O) groups is 5. The monoisotopic (exact) mass is 825 g/mol. The van der Waals surface area contributed by atoms with E-state index in [2.05, 4.69) is 0 Å². The summed E-state index contributed by atoms with van der Waals surface area (Å²) in [5.41, 5.74) is -1.50. The van der Waals surface area contributed by atoms with Gasteiger partial charge < -0.3 is 57.8 Å². The number of ether oxygens (including phenoxy) is 8. The van der Waals surface area contributed by atoms with E-state index in [1.54, 1.807) is 71.8 Å². The first-order chi connectivity index (χ1) is 27.2. The highest BCUT2D eigenvalue weighted by Gasteiger charge is 2.52. The molecule has 3 rings (SSSR count). The zero-order chi connectivity index (χ0) is 43.5. The molecular weight excluding hydrogens is 758 g/mol. The maximum Gasteiger partial charge on any atom is 0.309 e. The standard InChI is InChI=1S/C42H67NO15/c1-23(2)17-33(47)57-40-27(6)53-35(21-42(40,8)50)58-38-26(5)54-41(37(49)36(38)43(9)10)56-31-19-29(22-44)18-24(3)30(46)16-14-12-13-15-25(4)52-34(48)20-32(39(31)51-11)55-28(7)45/h12-14,16,22-27,29,31-32,35-41,49-50H,15,17-21H2,1-11H3/b13-12-,16-14+/t24-,25+,26+,27-,29-,31-,32-,35+,36+,37+,38+,39-,40-,41-,42-/m1/s1. The van der Waals surface area contributed by atoms with Crippen LogP contribution in [0, 0.1) is 17.8 Å². The number of allylic oxidation sites excluding steroid dienone is 3. The van der Waals surface area contributed by atoms with Crippen LogP contribution in [0.5, 0.6) is 0 Å². The number of aliphatic hydroxyl groups excluding tert-OH is 1. The van der Waals surface area contributed by atoms with Crippen molar-refractivity contribution in [1.29, 1.82) is 0 Å². The first-order valence-corrected chi connectivity index (χ1v) is 20.3. The molecule has 0 saturated carbocycles. The van der Waals surface area contributed by atoms with Gasteiger partial charge in [-0.25, -0.2) is 0 Å². The first kappa shape index (κ1) is 49.3. The highest BCUT2D eigenvalue weighted by Crippen LogP contribution is 2.37. The highest BCUT2D eigenvalue weighted by molar-refractivity contribution is 5.91. The number of aliphatic hydroxyl groups is 2. The van der Waals surface area contributed by atoms with E-state index in [1.165, 1.54) is 20.1 Å². The van der Waals surface area contributed by atoms with E-state index in [0.29, 0.717) is 12.7 Å². The van der Waals surface area contributed by atoms with Gasteiger partial charge in [0.05, 0.1) is 30.8 Å². The van der Waals surface area contributed by atoms with E-state index in [-0.39, 0.29) is 37.4 Å². The molecule has 16 nitrogen and oxygen atoms in total. The second-order valence-electron chi connectivity index (χ2n) is 16.8. The summed E-state index contributed by atoms with van der Waals surface area (Å²) in [7, 11) is 4.82. The van der Waals surface area contributed by atoms with Crippen molar-refractivity contribution < 1.29 is 72.1 Å². The van der Waals surface area contributed by atoms with Crippen molar-refractivity contribution in [3.8, 4) is 0 Å². The van der Waals surface area contributed by atoms with Crippen LogP contribution in [0.3, 0.4) is 0 Å². The van der Waals surface area contributed by atoms with Gasteiger partial charge in [-0.2, -0.15) is 0 Å². The molecule has 58 heavy (non-hydrogen) atoms. The normalized spacial score (nSPS) is 39.6. The number of cyclic esters (lactones) is 1. The van der Waals surface area contributed by atoms with Crippen LogP contribution < -0.4 is 0 Å². The van der Waals surface area contributed by atoms with Crippen LogP contribution in [0.15, 0.2) is 24.3 Å². The summed E-state index contributed by atoms with van der Waals surface area (Å²) < 4.78 is 48.2. The summed E-state index contributed by atoms with van der Waals surface area (Å²) >= 11 is 0. The minimum atomic E-state index is -1.50. The van der Waals surface area contributed by atoms with Gasteiger partial charge in [0.25, 0.3) is 0 Å². The maximum atomic E-state index is 13.2. The van der Waals surface area contributed by atoms with Gasteiger partial charge in [-0.05, 0) is 66.6 Å². The molecule has 3 aliphatic heterocycles. The maximum absolute atomic E-state index is 13.2. The number of nitrogens with zero attached hydrogens (tertiary/aromatic N) is 1. The number of methoxy groups -OCH3 is 1. The first-order valence-electron chi connectivity index (χ1n) is 20.3. The van der Waals surface area contributed by atoms with Crippen molar-refractivity contribution in [2.24, 2.45) is 17.8 Å². The number of carbonyl (C=O) groups excluding carboxylic acids is 5. The summed E-state index contributed by atoms with van der Waals surface area (Å²) in [4.78, 5) is 65.4.